The van der Waals surface area contributed by atoms with Gasteiger partial charge in [-0.1, -0.05) is 13.0 Å². The summed E-state index contributed by atoms with van der Waals surface area (Å²) in [7, 11) is -3.83. The molecule has 0 aliphatic heterocycles. The largest absolute Gasteiger partial charge is 0.348 e. The summed E-state index contributed by atoms with van der Waals surface area (Å²) >= 11 is 0. The number of nitrogens with one attached hydrogen (secondary N) is 1. The predicted octanol–water partition coefficient (Wildman–Crippen LogP) is 1.17. The Morgan fingerprint density at radius 3 is 2.65 bits per heavy atom. The average molecular weight is 294 g/mol. The smallest absolute Gasteiger partial charge is 0.251 e. The van der Waals surface area contributed by atoms with Crippen LogP contribution in [0.1, 0.15) is 35.7 Å². The Morgan fingerprint density at radius 2 is 2.15 bits per heavy atom. The fourth-order valence-corrected chi connectivity index (χ4v) is 2.27. The van der Waals surface area contributed by atoms with Gasteiger partial charge in [0.05, 0.1) is 4.90 Å². The maximum atomic E-state index is 12.2. The molecule has 6 heteroatoms. The molecular weight excluding hydrogens is 276 g/mol. The lowest BCUT2D eigenvalue weighted by Gasteiger charge is -2.15. The normalized spacial score (nSPS) is 12.5. The van der Waals surface area contributed by atoms with Gasteiger partial charge in [0.15, 0.2) is 0 Å². The first-order valence-electron chi connectivity index (χ1n) is 6.17. The van der Waals surface area contributed by atoms with Gasteiger partial charge in [-0.2, -0.15) is 0 Å². The third-order valence-electron chi connectivity index (χ3n) is 2.97. The van der Waals surface area contributed by atoms with Crippen LogP contribution < -0.4 is 10.5 Å². The number of amides is 1. The highest BCUT2D eigenvalue weighted by Crippen LogP contribution is 2.15. The third kappa shape index (κ3) is 4.08. The van der Waals surface area contributed by atoms with Crippen molar-refractivity contribution in [3.05, 3.63) is 29.3 Å². The molecule has 5 nitrogen and oxygen atoms in total. The molecule has 3 N–H and O–H groups in total. The molecule has 1 aromatic rings. The van der Waals surface area contributed by atoms with Crippen molar-refractivity contribution in [3.63, 3.8) is 0 Å². The molecule has 1 unspecified atom stereocenters. The second-order valence-corrected chi connectivity index (χ2v) is 6.07. The minimum atomic E-state index is -3.83. The minimum Gasteiger partial charge on any atom is -0.348 e. The number of aryl methyl sites for hydroxylation is 1. The molecule has 0 radical (unpaired) electrons. The van der Waals surface area contributed by atoms with E-state index in [0.717, 1.165) is 0 Å². The van der Waals surface area contributed by atoms with Gasteiger partial charge in [0.25, 0.3) is 5.91 Å². The molecule has 0 aliphatic carbocycles. The second-order valence-electron chi connectivity index (χ2n) is 4.51. The van der Waals surface area contributed by atoms with Crippen molar-refractivity contribution in [1.82, 2.24) is 5.32 Å². The van der Waals surface area contributed by atoms with E-state index in [9.17, 15) is 13.2 Å². The van der Waals surface area contributed by atoms with Crippen LogP contribution in [0.2, 0.25) is 0 Å². The van der Waals surface area contributed by atoms with Gasteiger partial charge in [-0.15, -0.1) is 12.3 Å². The van der Waals surface area contributed by atoms with Crippen LogP contribution in [-0.2, 0) is 10.0 Å². The van der Waals surface area contributed by atoms with Gasteiger partial charge in [0.2, 0.25) is 10.0 Å². The first-order chi connectivity index (χ1) is 9.29. The number of nitrogens with two attached hydrogens (primary N) is 1. The maximum Gasteiger partial charge on any atom is 0.251 e. The molecule has 1 aromatic carbocycles. The van der Waals surface area contributed by atoms with Crippen molar-refractivity contribution in [2.75, 3.05) is 0 Å². The van der Waals surface area contributed by atoms with E-state index in [1.54, 1.807) is 13.0 Å². The van der Waals surface area contributed by atoms with Crippen LogP contribution in [0.4, 0.5) is 0 Å². The Hall–Kier alpha value is -1.84. The Balaban J connectivity index is 3.07. The Morgan fingerprint density at radius 1 is 1.50 bits per heavy atom. The van der Waals surface area contributed by atoms with Gasteiger partial charge in [-0.05, 0) is 31.0 Å². The number of hydrogen-bond donors (Lipinski definition) is 2. The van der Waals surface area contributed by atoms with Crippen LogP contribution in [0.5, 0.6) is 0 Å². The van der Waals surface area contributed by atoms with Gasteiger partial charge in [0, 0.05) is 18.0 Å². The number of sulfonamides is 1. The van der Waals surface area contributed by atoms with E-state index in [4.69, 9.17) is 11.6 Å². The highest BCUT2D eigenvalue weighted by molar-refractivity contribution is 7.89. The Labute approximate surface area is 119 Å². The Bertz CT molecular complexity index is 645. The van der Waals surface area contributed by atoms with Crippen molar-refractivity contribution in [2.45, 2.75) is 37.6 Å². The van der Waals surface area contributed by atoms with Crippen LogP contribution in [0.15, 0.2) is 23.1 Å². The molecule has 0 heterocycles. The summed E-state index contributed by atoms with van der Waals surface area (Å²) < 4.78 is 22.6. The lowest BCUT2D eigenvalue weighted by molar-refractivity contribution is 0.0936. The molecular formula is C14H18N2O3S. The second kappa shape index (κ2) is 6.55. The zero-order valence-corrected chi connectivity index (χ0v) is 12.3. The van der Waals surface area contributed by atoms with E-state index in [1.807, 2.05) is 6.92 Å². The van der Waals surface area contributed by atoms with E-state index < -0.39 is 10.0 Å². The maximum absolute atomic E-state index is 12.2. The van der Waals surface area contributed by atoms with Crippen molar-refractivity contribution in [1.29, 1.82) is 0 Å². The van der Waals surface area contributed by atoms with Gasteiger partial charge >= 0.3 is 0 Å². The lowest BCUT2D eigenvalue weighted by Crippen LogP contribution is -2.34. The number of rotatable bonds is 5. The topological polar surface area (TPSA) is 89.3 Å². The molecule has 1 amide bonds. The summed E-state index contributed by atoms with van der Waals surface area (Å²) in [5.74, 6) is 2.14. The standard InChI is InChI=1S/C14H18N2O3S/c1-4-6-11(5-2)16-14(17)13-9-12(20(15,18)19)8-7-10(13)3/h1,7-9,11H,5-6H2,2-3H3,(H,16,17)(H2,15,18,19). The van der Waals surface area contributed by atoms with Crippen LogP contribution in [0, 0.1) is 19.3 Å². The third-order valence-corrected chi connectivity index (χ3v) is 3.89. The minimum absolute atomic E-state index is 0.0850. The SMILES string of the molecule is C#CCC(CC)NC(=O)c1cc(S(N)(=O)=O)ccc1C. The molecule has 0 aliphatic rings. The highest BCUT2D eigenvalue weighted by Gasteiger charge is 2.16. The average Bonchev–Trinajstić information content (AvgIpc) is 2.37. The predicted molar refractivity (Wildman–Crippen MR) is 77.5 cm³/mol. The summed E-state index contributed by atoms with van der Waals surface area (Å²) in [5, 5.41) is 7.85. The van der Waals surface area contributed by atoms with E-state index in [0.29, 0.717) is 18.4 Å². The van der Waals surface area contributed by atoms with Crippen molar-refractivity contribution < 1.29 is 13.2 Å². The van der Waals surface area contributed by atoms with Gasteiger partial charge in [-0.25, -0.2) is 13.6 Å². The first-order valence-corrected chi connectivity index (χ1v) is 7.72. The van der Waals surface area contributed by atoms with Crippen LogP contribution in [0.25, 0.3) is 0 Å². The molecule has 0 bridgehead atoms. The fraction of sp³-hybridized carbons (Fsp3) is 0.357. The first kappa shape index (κ1) is 16.2. The highest BCUT2D eigenvalue weighted by atomic mass is 32.2. The summed E-state index contributed by atoms with van der Waals surface area (Å²) in [4.78, 5) is 12.1. The molecule has 0 aromatic heterocycles. The summed E-state index contributed by atoms with van der Waals surface area (Å²) in [5.41, 5.74) is 0.956. The van der Waals surface area contributed by atoms with E-state index in [-0.39, 0.29) is 22.4 Å². The summed E-state index contributed by atoms with van der Waals surface area (Å²) in [6.07, 6.45) is 6.36. The fourth-order valence-electron chi connectivity index (χ4n) is 1.73. The van der Waals surface area contributed by atoms with E-state index >= 15 is 0 Å². The summed E-state index contributed by atoms with van der Waals surface area (Å²) in [6.45, 7) is 3.64. The molecule has 0 saturated carbocycles. The molecule has 108 valence electrons. The van der Waals surface area contributed by atoms with Crippen LogP contribution in [0.3, 0.4) is 0 Å². The van der Waals surface area contributed by atoms with Crippen molar-refractivity contribution in [2.24, 2.45) is 5.14 Å². The number of terminal acetylenes is 1. The number of primary sulfonamides is 1. The lowest BCUT2D eigenvalue weighted by atomic mass is 10.1. The molecule has 20 heavy (non-hydrogen) atoms. The quantitative estimate of drug-likeness (QED) is 0.799. The Kier molecular flexibility index (Phi) is 5.31. The summed E-state index contributed by atoms with van der Waals surface area (Å²) in [6, 6.07) is 4.07. The number of carbonyl (C=O) groups excluding carboxylic acids is 1. The molecule has 1 rings (SSSR count). The number of benzene rings is 1. The number of hydrogen-bond acceptors (Lipinski definition) is 3. The molecule has 0 fully saturated rings. The zero-order valence-electron chi connectivity index (χ0n) is 11.5. The zero-order chi connectivity index (χ0) is 15.3. The molecule has 0 saturated heterocycles. The van der Waals surface area contributed by atoms with Crippen molar-refractivity contribution in [3.8, 4) is 12.3 Å². The van der Waals surface area contributed by atoms with Crippen LogP contribution in [-0.4, -0.2) is 20.4 Å². The molecule has 0 spiro atoms. The van der Waals surface area contributed by atoms with Gasteiger partial charge < -0.3 is 5.32 Å². The van der Waals surface area contributed by atoms with Gasteiger partial charge in [-0.3, -0.25) is 4.79 Å². The monoisotopic (exact) mass is 294 g/mol. The van der Waals surface area contributed by atoms with E-state index in [2.05, 4.69) is 11.2 Å². The van der Waals surface area contributed by atoms with Gasteiger partial charge in [0.1, 0.15) is 0 Å². The molecule has 1 atom stereocenters. The van der Waals surface area contributed by atoms with Crippen molar-refractivity contribution >= 4 is 15.9 Å². The van der Waals surface area contributed by atoms with E-state index in [1.165, 1.54) is 12.1 Å². The van der Waals surface area contributed by atoms with Crippen LogP contribution >= 0.6 is 0 Å². The number of carbonyl (C=O) groups is 1.